The molecule has 2 atom stereocenters. The summed E-state index contributed by atoms with van der Waals surface area (Å²) >= 11 is 0. The third kappa shape index (κ3) is 2.30. The van der Waals surface area contributed by atoms with E-state index in [4.69, 9.17) is 14.2 Å². The molecule has 2 aliphatic rings. The average Bonchev–Trinajstić information content (AvgIpc) is 3.18. The van der Waals surface area contributed by atoms with Crippen LogP contribution in [0.1, 0.15) is 52.0 Å². The van der Waals surface area contributed by atoms with Crippen molar-refractivity contribution in [2.24, 2.45) is 0 Å². The van der Waals surface area contributed by atoms with E-state index in [1.54, 1.807) is 7.11 Å². The zero-order chi connectivity index (χ0) is 16.0. The quantitative estimate of drug-likeness (QED) is 0.632. The Morgan fingerprint density at radius 1 is 1.14 bits per heavy atom. The van der Waals surface area contributed by atoms with Gasteiger partial charge in [-0.2, -0.15) is 0 Å². The van der Waals surface area contributed by atoms with E-state index in [9.17, 15) is 4.79 Å². The summed E-state index contributed by atoms with van der Waals surface area (Å²) < 4.78 is 16.9. The first kappa shape index (κ1) is 15.3. The third-order valence-corrected chi connectivity index (χ3v) is 4.55. The molecule has 1 heterocycles. The Hall–Kier alpha value is -1.55. The van der Waals surface area contributed by atoms with Crippen LogP contribution >= 0.6 is 0 Å². The van der Waals surface area contributed by atoms with E-state index >= 15 is 0 Å². The van der Waals surface area contributed by atoms with E-state index < -0.39 is 16.8 Å². The number of carbonyl (C=O) groups is 1. The molecule has 1 aromatic carbocycles. The largest absolute Gasteiger partial charge is 0.497 e. The highest BCUT2D eigenvalue weighted by Crippen LogP contribution is 2.64. The molecule has 0 amide bonds. The normalized spacial score (nSPS) is 30.4. The highest BCUT2D eigenvalue weighted by atomic mass is 16.7. The van der Waals surface area contributed by atoms with Crippen LogP contribution in [-0.2, 0) is 19.9 Å². The lowest BCUT2D eigenvalue weighted by atomic mass is 9.75. The van der Waals surface area contributed by atoms with Crippen LogP contribution < -0.4 is 4.74 Å². The topological polar surface area (TPSA) is 48.1 Å². The zero-order valence-electron chi connectivity index (χ0n) is 13.8. The lowest BCUT2D eigenvalue weighted by Crippen LogP contribution is -2.40. The second kappa shape index (κ2) is 4.98. The van der Waals surface area contributed by atoms with Gasteiger partial charge in [0.25, 0.3) is 0 Å². The number of benzene rings is 1. The fourth-order valence-electron chi connectivity index (χ4n) is 3.49. The van der Waals surface area contributed by atoms with Crippen molar-refractivity contribution in [3.63, 3.8) is 0 Å². The summed E-state index contributed by atoms with van der Waals surface area (Å²) in [5, 5.41) is 0. The minimum atomic E-state index is -0.798. The molecular formula is C18H24O4. The molecular weight excluding hydrogens is 280 g/mol. The Labute approximate surface area is 131 Å². The lowest BCUT2D eigenvalue weighted by molar-refractivity contribution is -0.162. The fraction of sp³-hybridized carbons (Fsp3) is 0.611. The first-order valence-electron chi connectivity index (χ1n) is 7.91. The van der Waals surface area contributed by atoms with Crippen molar-refractivity contribution in [2.45, 2.75) is 63.3 Å². The van der Waals surface area contributed by atoms with Crippen LogP contribution in [0.5, 0.6) is 5.75 Å². The molecule has 1 saturated heterocycles. The molecule has 1 saturated carbocycles. The Bertz CT molecular complexity index is 572. The van der Waals surface area contributed by atoms with Crippen LogP contribution in [0.3, 0.4) is 0 Å². The van der Waals surface area contributed by atoms with Crippen molar-refractivity contribution in [3.05, 3.63) is 29.8 Å². The number of ether oxygens (including phenoxy) is 3. The van der Waals surface area contributed by atoms with E-state index in [0.29, 0.717) is 0 Å². The summed E-state index contributed by atoms with van der Waals surface area (Å²) in [6.45, 7) is 5.67. The molecule has 120 valence electrons. The maximum atomic E-state index is 12.7. The van der Waals surface area contributed by atoms with Crippen LogP contribution in [-0.4, -0.2) is 24.3 Å². The summed E-state index contributed by atoms with van der Waals surface area (Å²) in [6.07, 6.45) is 3.65. The molecule has 4 nitrogen and oxygen atoms in total. The van der Waals surface area contributed by atoms with Crippen molar-refractivity contribution in [3.8, 4) is 5.75 Å². The number of esters is 1. The fourth-order valence-corrected chi connectivity index (χ4v) is 3.49. The highest BCUT2D eigenvalue weighted by molar-refractivity contribution is 5.86. The molecule has 1 aromatic rings. The van der Waals surface area contributed by atoms with Gasteiger partial charge in [-0.15, -0.1) is 0 Å². The van der Waals surface area contributed by atoms with Crippen molar-refractivity contribution in [1.82, 2.24) is 0 Å². The molecule has 4 heteroatoms. The second-order valence-corrected chi connectivity index (χ2v) is 7.19. The number of carbonyl (C=O) groups excluding carboxylic acids is 1. The van der Waals surface area contributed by atoms with Crippen LogP contribution in [0.15, 0.2) is 24.3 Å². The average molecular weight is 304 g/mol. The van der Waals surface area contributed by atoms with Crippen molar-refractivity contribution in [1.29, 1.82) is 0 Å². The van der Waals surface area contributed by atoms with Gasteiger partial charge in [-0.1, -0.05) is 12.1 Å². The molecule has 0 radical (unpaired) electrons. The molecule has 2 unspecified atom stereocenters. The van der Waals surface area contributed by atoms with Gasteiger partial charge in [0.05, 0.1) is 7.11 Å². The molecule has 0 N–H and O–H groups in total. The predicted molar refractivity (Wildman–Crippen MR) is 82.8 cm³/mol. The Morgan fingerprint density at radius 2 is 1.77 bits per heavy atom. The second-order valence-electron chi connectivity index (χ2n) is 7.19. The van der Waals surface area contributed by atoms with Crippen LogP contribution in [0.4, 0.5) is 0 Å². The van der Waals surface area contributed by atoms with Gasteiger partial charge in [-0.3, -0.25) is 0 Å². The zero-order valence-corrected chi connectivity index (χ0v) is 13.8. The van der Waals surface area contributed by atoms with Gasteiger partial charge in [0.1, 0.15) is 17.0 Å². The Balaban J connectivity index is 1.90. The molecule has 1 aliphatic heterocycles. The van der Waals surface area contributed by atoms with Gasteiger partial charge < -0.3 is 14.2 Å². The molecule has 3 rings (SSSR count). The van der Waals surface area contributed by atoms with Crippen molar-refractivity contribution >= 4 is 5.97 Å². The van der Waals surface area contributed by atoms with Gasteiger partial charge in [-0.25, -0.2) is 4.79 Å². The van der Waals surface area contributed by atoms with Crippen molar-refractivity contribution < 1.29 is 19.0 Å². The first-order chi connectivity index (χ1) is 10.3. The van der Waals surface area contributed by atoms with Crippen molar-refractivity contribution in [2.75, 3.05) is 7.11 Å². The summed E-state index contributed by atoms with van der Waals surface area (Å²) in [6, 6.07) is 7.83. The first-order valence-corrected chi connectivity index (χ1v) is 7.91. The summed E-state index contributed by atoms with van der Waals surface area (Å²) in [5.41, 5.74) is -0.771. The molecule has 0 spiro atoms. The highest BCUT2D eigenvalue weighted by Gasteiger charge is 2.76. The summed E-state index contributed by atoms with van der Waals surface area (Å²) in [7, 11) is 1.65. The van der Waals surface area contributed by atoms with Gasteiger partial charge in [0.15, 0.2) is 5.60 Å². The monoisotopic (exact) mass is 304 g/mol. The van der Waals surface area contributed by atoms with E-state index in [-0.39, 0.29) is 5.97 Å². The molecule has 22 heavy (non-hydrogen) atoms. The molecule has 2 fully saturated rings. The maximum Gasteiger partial charge on any atom is 0.342 e. The lowest BCUT2D eigenvalue weighted by Gasteiger charge is -2.27. The van der Waals surface area contributed by atoms with Crippen LogP contribution in [0.2, 0.25) is 0 Å². The van der Waals surface area contributed by atoms with Gasteiger partial charge >= 0.3 is 5.97 Å². The molecule has 0 bridgehead atoms. The van der Waals surface area contributed by atoms with E-state index in [0.717, 1.165) is 37.0 Å². The molecule has 1 aliphatic carbocycles. The molecule has 0 aromatic heterocycles. The number of methoxy groups -OCH3 is 1. The van der Waals surface area contributed by atoms with Crippen LogP contribution in [0, 0.1) is 0 Å². The standard InChI is InChI=1S/C18H24O4/c1-16(2,3)21-15(19)18-12-6-5-11-17(18,22-18)13-7-9-14(20-4)10-8-13/h7-10H,5-6,11-12H2,1-4H3. The van der Waals surface area contributed by atoms with E-state index in [1.807, 2.05) is 45.0 Å². The smallest absolute Gasteiger partial charge is 0.342 e. The predicted octanol–water partition coefficient (Wildman–Crippen LogP) is 3.58. The Morgan fingerprint density at radius 3 is 2.36 bits per heavy atom. The Kier molecular flexibility index (Phi) is 3.48. The van der Waals surface area contributed by atoms with Gasteiger partial charge in [-0.05, 0) is 64.2 Å². The number of fused-ring (bicyclic) bond motifs is 1. The summed E-state index contributed by atoms with van der Waals surface area (Å²) in [5.74, 6) is 0.579. The number of epoxide rings is 1. The van der Waals surface area contributed by atoms with Gasteiger partial charge in [0.2, 0.25) is 0 Å². The number of hydrogen-bond donors (Lipinski definition) is 0. The number of rotatable bonds is 3. The number of hydrogen-bond acceptors (Lipinski definition) is 4. The van der Waals surface area contributed by atoms with Crippen LogP contribution in [0.25, 0.3) is 0 Å². The minimum Gasteiger partial charge on any atom is -0.497 e. The van der Waals surface area contributed by atoms with Gasteiger partial charge in [0, 0.05) is 0 Å². The van der Waals surface area contributed by atoms with E-state index in [2.05, 4.69) is 0 Å². The maximum absolute atomic E-state index is 12.7. The van der Waals surface area contributed by atoms with E-state index in [1.165, 1.54) is 0 Å². The minimum absolute atomic E-state index is 0.226. The summed E-state index contributed by atoms with van der Waals surface area (Å²) in [4.78, 5) is 12.7. The SMILES string of the molecule is COc1ccc(C23CCCCC2(C(=O)OC(C)(C)C)O3)cc1. The third-order valence-electron chi connectivity index (χ3n) is 4.55.